The highest BCUT2D eigenvalue weighted by molar-refractivity contribution is 7.99. The van der Waals surface area contributed by atoms with Gasteiger partial charge in [-0.15, -0.1) is 0 Å². The van der Waals surface area contributed by atoms with Crippen LogP contribution < -0.4 is 0 Å². The van der Waals surface area contributed by atoms with E-state index in [1.54, 1.807) is 0 Å². The molecule has 0 radical (unpaired) electrons. The van der Waals surface area contributed by atoms with Crippen molar-refractivity contribution in [3.05, 3.63) is 0 Å². The van der Waals surface area contributed by atoms with Gasteiger partial charge in [0, 0.05) is 5.75 Å². The lowest BCUT2D eigenvalue weighted by Gasteiger charge is -1.86. The second kappa shape index (κ2) is 2.23. The molecule has 0 aromatic carbocycles. The molecule has 1 saturated heterocycles. The Morgan fingerprint density at radius 3 is 2.86 bits per heavy atom. The lowest BCUT2D eigenvalue weighted by molar-refractivity contribution is 0.763. The Morgan fingerprint density at radius 2 is 2.57 bits per heavy atom. The molecule has 2 heteroatoms. The van der Waals surface area contributed by atoms with E-state index in [2.05, 4.69) is 6.07 Å². The first-order valence-electron chi connectivity index (χ1n) is 2.41. The summed E-state index contributed by atoms with van der Waals surface area (Å²) in [6.45, 7) is 0. The zero-order chi connectivity index (χ0) is 5.11. The lowest BCUT2D eigenvalue weighted by Crippen LogP contribution is -1.89. The molecule has 1 aliphatic rings. The molecule has 0 aliphatic carbocycles. The average molecular weight is 113 g/mol. The summed E-state index contributed by atoms with van der Waals surface area (Å²) in [6.07, 6.45) is 1.11. The molecule has 1 aliphatic heterocycles. The smallest absolute Gasteiger partial charge is 0.0664 e. The van der Waals surface area contributed by atoms with E-state index < -0.39 is 0 Å². The highest BCUT2D eigenvalue weighted by Gasteiger charge is 2.12. The van der Waals surface area contributed by atoms with Crippen LogP contribution in [0, 0.1) is 17.2 Å². The quantitative estimate of drug-likeness (QED) is 0.472. The molecular weight excluding hydrogens is 106 g/mol. The Kier molecular flexibility index (Phi) is 1.59. The van der Waals surface area contributed by atoms with Crippen molar-refractivity contribution >= 4 is 11.8 Å². The van der Waals surface area contributed by atoms with Crippen molar-refractivity contribution in [3.8, 4) is 6.07 Å². The fourth-order valence-electron chi connectivity index (χ4n) is 0.636. The lowest BCUT2D eigenvalue weighted by atomic mass is 10.2. The molecule has 0 aromatic heterocycles. The number of nitrogens with zero attached hydrogens (tertiary/aromatic N) is 1. The van der Waals surface area contributed by atoms with Crippen molar-refractivity contribution < 1.29 is 0 Å². The fraction of sp³-hybridized carbons (Fsp3) is 0.800. The van der Waals surface area contributed by atoms with Crippen LogP contribution in [0.15, 0.2) is 0 Å². The summed E-state index contributed by atoms with van der Waals surface area (Å²) in [5, 5.41) is 8.30. The summed E-state index contributed by atoms with van der Waals surface area (Å²) < 4.78 is 0. The summed E-state index contributed by atoms with van der Waals surface area (Å²) in [7, 11) is 0. The Labute approximate surface area is 47.7 Å². The third-order valence-corrected chi connectivity index (χ3v) is 2.27. The molecule has 1 heterocycles. The maximum absolute atomic E-state index is 8.30. The van der Waals surface area contributed by atoms with E-state index in [9.17, 15) is 0 Å². The normalized spacial score (nSPS) is 29.9. The van der Waals surface area contributed by atoms with E-state index in [0.717, 1.165) is 12.2 Å². The minimum Gasteiger partial charge on any atom is -0.198 e. The molecule has 0 aromatic rings. The average Bonchev–Trinajstić information content (AvgIpc) is 2.14. The summed E-state index contributed by atoms with van der Waals surface area (Å²) in [5.74, 6) is 2.62. The molecule has 0 amide bonds. The first kappa shape index (κ1) is 4.99. The molecule has 1 nitrogen and oxygen atoms in total. The van der Waals surface area contributed by atoms with Crippen LogP contribution in [0.3, 0.4) is 0 Å². The molecule has 7 heavy (non-hydrogen) atoms. The van der Waals surface area contributed by atoms with Crippen LogP contribution in [0.2, 0.25) is 0 Å². The van der Waals surface area contributed by atoms with Crippen molar-refractivity contribution in [2.75, 3.05) is 11.5 Å². The third-order valence-electron chi connectivity index (χ3n) is 1.11. The van der Waals surface area contributed by atoms with Crippen LogP contribution in [0.1, 0.15) is 6.42 Å². The molecule has 0 N–H and O–H groups in total. The summed E-state index contributed by atoms with van der Waals surface area (Å²) in [4.78, 5) is 0. The van der Waals surface area contributed by atoms with Gasteiger partial charge in [-0.1, -0.05) is 0 Å². The number of thioether (sulfide) groups is 1. The number of hydrogen-bond acceptors (Lipinski definition) is 2. The molecule has 0 spiro atoms. The largest absolute Gasteiger partial charge is 0.198 e. The van der Waals surface area contributed by atoms with Gasteiger partial charge in [-0.2, -0.15) is 17.0 Å². The van der Waals surface area contributed by atoms with Crippen LogP contribution >= 0.6 is 11.8 Å². The zero-order valence-corrected chi connectivity index (χ0v) is 4.87. The van der Waals surface area contributed by atoms with Crippen molar-refractivity contribution in [2.24, 2.45) is 5.92 Å². The van der Waals surface area contributed by atoms with Crippen molar-refractivity contribution in [3.63, 3.8) is 0 Å². The van der Waals surface area contributed by atoms with E-state index in [1.807, 2.05) is 11.8 Å². The third kappa shape index (κ3) is 1.10. The van der Waals surface area contributed by atoms with Gasteiger partial charge in [0.15, 0.2) is 0 Å². The highest BCUT2D eigenvalue weighted by atomic mass is 32.2. The predicted octanol–water partition coefficient (Wildman–Crippen LogP) is 1.26. The maximum atomic E-state index is 8.30. The van der Waals surface area contributed by atoms with Crippen LogP contribution in [0.5, 0.6) is 0 Å². The second-order valence-corrected chi connectivity index (χ2v) is 2.84. The van der Waals surface area contributed by atoms with E-state index in [4.69, 9.17) is 5.26 Å². The SMILES string of the molecule is N#C[C@H]1CCSC1. The zero-order valence-electron chi connectivity index (χ0n) is 4.05. The van der Waals surface area contributed by atoms with Gasteiger partial charge in [-0.3, -0.25) is 0 Å². The number of hydrogen-bond donors (Lipinski definition) is 0. The monoisotopic (exact) mass is 113 g/mol. The number of nitriles is 1. The van der Waals surface area contributed by atoms with E-state index in [-0.39, 0.29) is 0 Å². The van der Waals surface area contributed by atoms with Gasteiger partial charge in [0.25, 0.3) is 0 Å². The predicted molar refractivity (Wildman–Crippen MR) is 31.0 cm³/mol. The van der Waals surface area contributed by atoms with Crippen molar-refractivity contribution in [2.45, 2.75) is 6.42 Å². The molecule has 0 bridgehead atoms. The van der Waals surface area contributed by atoms with Gasteiger partial charge in [0.1, 0.15) is 0 Å². The topological polar surface area (TPSA) is 23.8 Å². The van der Waals surface area contributed by atoms with Crippen LogP contribution in [-0.2, 0) is 0 Å². The highest BCUT2D eigenvalue weighted by Crippen LogP contribution is 2.21. The minimum absolute atomic E-state index is 0.366. The van der Waals surface area contributed by atoms with Crippen LogP contribution in [0.25, 0.3) is 0 Å². The van der Waals surface area contributed by atoms with Crippen LogP contribution in [-0.4, -0.2) is 11.5 Å². The molecule has 38 valence electrons. The molecule has 1 rings (SSSR count). The standard InChI is InChI=1S/C5H7NS/c6-3-5-1-2-7-4-5/h5H,1-2,4H2/t5-/m1/s1. The Morgan fingerprint density at radius 1 is 1.71 bits per heavy atom. The van der Waals surface area contributed by atoms with Crippen LogP contribution in [0.4, 0.5) is 0 Å². The molecule has 1 fully saturated rings. The van der Waals surface area contributed by atoms with Gasteiger partial charge in [-0.25, -0.2) is 0 Å². The van der Waals surface area contributed by atoms with E-state index in [0.29, 0.717) is 5.92 Å². The Hall–Kier alpha value is -0.160. The number of rotatable bonds is 0. The van der Waals surface area contributed by atoms with E-state index >= 15 is 0 Å². The first-order valence-corrected chi connectivity index (χ1v) is 3.56. The summed E-state index contributed by atoms with van der Waals surface area (Å²) in [5.41, 5.74) is 0. The van der Waals surface area contributed by atoms with Gasteiger partial charge in [0.05, 0.1) is 12.0 Å². The molecular formula is C5H7NS. The van der Waals surface area contributed by atoms with E-state index in [1.165, 1.54) is 5.75 Å². The van der Waals surface area contributed by atoms with Gasteiger partial charge in [-0.05, 0) is 12.2 Å². The molecule has 1 atom stereocenters. The van der Waals surface area contributed by atoms with Gasteiger partial charge < -0.3 is 0 Å². The van der Waals surface area contributed by atoms with Crippen molar-refractivity contribution in [1.29, 1.82) is 5.26 Å². The first-order chi connectivity index (χ1) is 3.43. The van der Waals surface area contributed by atoms with Gasteiger partial charge in [0.2, 0.25) is 0 Å². The molecule has 0 unspecified atom stereocenters. The maximum Gasteiger partial charge on any atom is 0.0664 e. The summed E-state index contributed by atoms with van der Waals surface area (Å²) >= 11 is 1.88. The Balaban J connectivity index is 2.31. The Bertz CT molecular complexity index is 88.7. The fourth-order valence-corrected chi connectivity index (χ4v) is 1.78. The minimum atomic E-state index is 0.366. The van der Waals surface area contributed by atoms with Crippen molar-refractivity contribution in [1.82, 2.24) is 0 Å². The van der Waals surface area contributed by atoms with Gasteiger partial charge >= 0.3 is 0 Å². The summed E-state index contributed by atoms with van der Waals surface area (Å²) in [6, 6.07) is 2.24. The second-order valence-electron chi connectivity index (χ2n) is 1.69. The molecule has 0 saturated carbocycles.